The minimum absolute atomic E-state index is 0.0766. The molecule has 1 radical (unpaired) electrons. The third kappa shape index (κ3) is 4.34. The van der Waals surface area contributed by atoms with Crippen molar-refractivity contribution in [2.45, 2.75) is 52.4 Å². The van der Waals surface area contributed by atoms with Crippen LogP contribution in [0.25, 0.3) is 71.3 Å². The van der Waals surface area contributed by atoms with Crippen LogP contribution in [-0.2, 0) is 10.8 Å². The van der Waals surface area contributed by atoms with E-state index in [0.717, 1.165) is 0 Å². The van der Waals surface area contributed by atoms with Crippen molar-refractivity contribution in [1.29, 1.82) is 0 Å². The van der Waals surface area contributed by atoms with Crippen LogP contribution in [0.5, 0.6) is 0 Å². The molecule has 0 amide bonds. The predicted molar refractivity (Wildman–Crippen MR) is 231 cm³/mol. The zero-order chi connectivity index (χ0) is 36.0. The summed E-state index contributed by atoms with van der Waals surface area (Å²) < 4.78 is 2.64. The lowest BCUT2D eigenvalue weighted by atomic mass is 9.34. The molecule has 53 heavy (non-hydrogen) atoms. The Hall–Kier alpha value is -5.53. The van der Waals surface area contributed by atoms with Gasteiger partial charge in [-0.05, 0) is 82.7 Å². The van der Waals surface area contributed by atoms with E-state index in [1.807, 2.05) is 0 Å². The van der Waals surface area contributed by atoms with Gasteiger partial charge < -0.3 is 4.57 Å². The van der Waals surface area contributed by atoms with Gasteiger partial charge in [0.1, 0.15) is 0 Å². The van der Waals surface area contributed by atoms with Crippen LogP contribution in [-0.4, -0.2) is 18.6 Å². The van der Waals surface area contributed by atoms with Crippen LogP contribution in [0.1, 0.15) is 52.7 Å². The van der Waals surface area contributed by atoms with Crippen LogP contribution in [0.3, 0.4) is 0 Å². The van der Waals surface area contributed by atoms with Crippen LogP contribution in [0.2, 0.25) is 0 Å². The smallest absolute Gasteiger partial charge is 0.246 e. The molecule has 3 heteroatoms. The van der Waals surface area contributed by atoms with Crippen molar-refractivity contribution < 1.29 is 0 Å². The second-order valence-corrected chi connectivity index (χ2v) is 17.6. The molecule has 9 aromatic rings. The van der Waals surface area contributed by atoms with Crippen molar-refractivity contribution in [3.8, 4) is 27.9 Å². The Balaban J connectivity index is 1.21. The quantitative estimate of drug-likeness (QED) is 0.130. The largest absolute Gasteiger partial charge is 0.311 e. The van der Waals surface area contributed by atoms with Gasteiger partial charge in [-0.1, -0.05) is 185 Å². The minimum atomic E-state index is 0.0766. The minimum Gasteiger partial charge on any atom is -0.311 e. The maximum Gasteiger partial charge on any atom is 0.246 e. The molecule has 251 valence electrons. The molecule has 1 aromatic heterocycles. The zero-order valence-electron chi connectivity index (χ0n) is 31.3. The lowest BCUT2D eigenvalue weighted by Crippen LogP contribution is -2.58. The molecule has 0 spiro atoms. The zero-order valence-corrected chi connectivity index (χ0v) is 31.3. The molecule has 0 N–H and O–H groups in total. The first-order valence-corrected chi connectivity index (χ1v) is 19.1. The molecule has 2 aliphatic rings. The molecule has 0 aliphatic carbocycles. The summed E-state index contributed by atoms with van der Waals surface area (Å²) in [7, 11) is 2.43. The van der Waals surface area contributed by atoms with E-state index < -0.39 is 0 Å². The molecule has 0 unspecified atom stereocenters. The van der Waals surface area contributed by atoms with Gasteiger partial charge in [0, 0.05) is 27.5 Å². The van der Waals surface area contributed by atoms with Gasteiger partial charge in [0.05, 0.1) is 0 Å². The van der Waals surface area contributed by atoms with E-state index in [0.29, 0.717) is 0 Å². The number of hydrogen-bond donors (Lipinski definition) is 0. The van der Waals surface area contributed by atoms with E-state index in [-0.39, 0.29) is 17.5 Å². The van der Waals surface area contributed by atoms with E-state index >= 15 is 0 Å². The number of para-hydroxylation sites is 1. The molecular formula is C50H40B2N. The van der Waals surface area contributed by atoms with Crippen molar-refractivity contribution in [3.05, 3.63) is 145 Å². The number of rotatable bonds is 3. The second kappa shape index (κ2) is 10.5. The molecule has 0 fully saturated rings. The molecule has 0 atom stereocenters. The monoisotopic (exact) mass is 676 g/mol. The first-order valence-electron chi connectivity index (χ1n) is 19.1. The van der Waals surface area contributed by atoms with Crippen molar-refractivity contribution in [1.82, 2.24) is 4.57 Å². The molecule has 1 nitrogen and oxygen atoms in total. The third-order valence-corrected chi connectivity index (χ3v) is 12.3. The highest BCUT2D eigenvalue weighted by Crippen LogP contribution is 2.44. The summed E-state index contributed by atoms with van der Waals surface area (Å²) in [4.78, 5) is 0. The summed E-state index contributed by atoms with van der Waals surface area (Å²) in [6, 6.07) is 51.4. The summed E-state index contributed by atoms with van der Waals surface area (Å²) in [5.74, 6) is 0. The Morgan fingerprint density at radius 3 is 1.60 bits per heavy atom. The number of aromatic nitrogens is 1. The van der Waals surface area contributed by atoms with Gasteiger partial charge in [-0.2, -0.15) is 0 Å². The Morgan fingerprint density at radius 1 is 0.453 bits per heavy atom. The molecule has 3 heterocycles. The van der Waals surface area contributed by atoms with Gasteiger partial charge in [-0.3, -0.25) is 0 Å². The van der Waals surface area contributed by atoms with Crippen molar-refractivity contribution in [3.63, 3.8) is 0 Å². The van der Waals surface area contributed by atoms with Crippen molar-refractivity contribution in [2.75, 3.05) is 0 Å². The van der Waals surface area contributed by atoms with E-state index in [4.69, 9.17) is 0 Å². The molecule has 0 saturated carbocycles. The predicted octanol–water partition coefficient (Wildman–Crippen LogP) is 9.25. The summed E-state index contributed by atoms with van der Waals surface area (Å²) in [5.41, 5.74) is 18.7. The first kappa shape index (κ1) is 31.0. The van der Waals surface area contributed by atoms with E-state index in [1.54, 1.807) is 0 Å². The number of hydrogen-bond acceptors (Lipinski definition) is 0. The highest BCUT2D eigenvalue weighted by atomic mass is 15.0. The topological polar surface area (TPSA) is 4.93 Å². The van der Waals surface area contributed by atoms with E-state index in [1.165, 1.54) is 110 Å². The van der Waals surface area contributed by atoms with Crippen LogP contribution in [0, 0.1) is 0 Å². The highest BCUT2D eigenvalue weighted by Gasteiger charge is 2.38. The summed E-state index contributed by atoms with van der Waals surface area (Å²) in [6.07, 6.45) is 0. The second-order valence-electron chi connectivity index (χ2n) is 17.6. The average Bonchev–Trinajstić information content (AvgIpc) is 3.53. The van der Waals surface area contributed by atoms with Crippen molar-refractivity contribution >= 4 is 84.7 Å². The Bertz CT molecular complexity index is 2890. The fraction of sp³-hybridized carbons (Fsp3) is 0.160. The molecular weight excluding hydrogens is 636 g/mol. The van der Waals surface area contributed by atoms with Gasteiger partial charge >= 0.3 is 0 Å². The van der Waals surface area contributed by atoms with Gasteiger partial charge in [-0.25, -0.2) is 0 Å². The first-order chi connectivity index (χ1) is 25.5. The summed E-state index contributed by atoms with van der Waals surface area (Å²) >= 11 is 0. The molecule has 2 aliphatic heterocycles. The number of benzene rings is 8. The van der Waals surface area contributed by atoms with E-state index in [9.17, 15) is 0 Å². The highest BCUT2D eigenvalue weighted by molar-refractivity contribution is 6.99. The molecule has 0 saturated heterocycles. The fourth-order valence-corrected chi connectivity index (χ4v) is 9.65. The Labute approximate surface area is 313 Å². The maximum absolute atomic E-state index is 2.64. The normalized spacial score (nSPS) is 13.6. The van der Waals surface area contributed by atoms with Crippen LogP contribution in [0.15, 0.2) is 133 Å². The Morgan fingerprint density at radius 2 is 1.02 bits per heavy atom. The molecule has 8 aromatic carbocycles. The fourth-order valence-electron chi connectivity index (χ4n) is 9.65. The van der Waals surface area contributed by atoms with Crippen molar-refractivity contribution in [2.24, 2.45) is 0 Å². The SMILES string of the molecule is CC(C)(C)c1ccc(-c2cc(B3c4cccc5c4-n4c6c(ccc7c8ccccc8c8ccc3c4c8c76)[B]5)cc(-c3ccc(C(C)(C)C)cc3)c2)cc1. The number of fused-ring (bicyclic) bond motifs is 3. The van der Waals surface area contributed by atoms with Crippen LogP contribution < -0.4 is 27.3 Å². The average molecular weight is 677 g/mol. The summed E-state index contributed by atoms with van der Waals surface area (Å²) in [5, 5.41) is 8.17. The Kier molecular flexibility index (Phi) is 6.17. The van der Waals surface area contributed by atoms with Crippen LogP contribution in [0.4, 0.5) is 0 Å². The van der Waals surface area contributed by atoms with Gasteiger partial charge in [0.25, 0.3) is 0 Å². The van der Waals surface area contributed by atoms with Gasteiger partial charge in [0.2, 0.25) is 6.71 Å². The lowest BCUT2D eigenvalue weighted by Gasteiger charge is -2.32. The van der Waals surface area contributed by atoms with Crippen LogP contribution >= 0.6 is 0 Å². The molecule has 0 bridgehead atoms. The molecule has 11 rings (SSSR count). The standard InChI is InChI=1S/C50H40B2N/c1-49(2,3)33-18-14-29(15-19-33)31-26-32(30-16-20-34(21-17-30)50(4,5)6)28-35(27-31)52-42-13-9-12-40-46(42)53-47-41(51-40)24-22-38-36-10-7-8-11-37(36)39-23-25-43(52)48(53)45(39)44(38)47/h7-28H,1-6H3. The third-order valence-electron chi connectivity index (χ3n) is 12.3. The van der Waals surface area contributed by atoms with E-state index in [2.05, 4.69) is 187 Å². The summed E-state index contributed by atoms with van der Waals surface area (Å²) in [6.45, 7) is 13.8. The number of nitrogens with zero attached hydrogens (tertiary/aromatic N) is 1. The maximum atomic E-state index is 2.64. The lowest BCUT2D eigenvalue weighted by molar-refractivity contribution is 0.590. The van der Waals surface area contributed by atoms with Gasteiger partial charge in [-0.15, -0.1) is 0 Å². The van der Waals surface area contributed by atoms with Gasteiger partial charge in [0.15, 0.2) is 7.28 Å².